The van der Waals surface area contributed by atoms with Crippen LogP contribution in [0, 0.1) is 0 Å². The van der Waals surface area contributed by atoms with Crippen LogP contribution in [0.4, 0.5) is 5.69 Å². The lowest BCUT2D eigenvalue weighted by molar-refractivity contribution is 0.0734. The summed E-state index contributed by atoms with van der Waals surface area (Å²) in [5.41, 5.74) is 4.62. The molecule has 0 saturated carbocycles. The second-order valence-corrected chi connectivity index (χ2v) is 10.1. The third kappa shape index (κ3) is 6.19. The van der Waals surface area contributed by atoms with Crippen molar-refractivity contribution in [1.82, 2.24) is 4.90 Å². The number of anilines is 1. The minimum atomic E-state index is -4.11. The fourth-order valence-corrected chi connectivity index (χ4v) is 4.90. The zero-order valence-electron chi connectivity index (χ0n) is 20.1. The third-order valence-corrected chi connectivity index (χ3v) is 6.74. The number of hydrogen-bond donors (Lipinski definition) is 1. The molecule has 0 fully saturated rings. The van der Waals surface area contributed by atoms with Gasteiger partial charge in [0.1, 0.15) is 11.5 Å². The van der Waals surface area contributed by atoms with E-state index in [-0.39, 0.29) is 11.7 Å². The summed E-state index contributed by atoms with van der Waals surface area (Å²) in [5.74, 6) is 0.902. The quantitative estimate of drug-likeness (QED) is 0.374. The zero-order valence-corrected chi connectivity index (χ0v) is 20.9. The number of rotatable bonds is 8. The lowest BCUT2D eigenvalue weighted by Crippen LogP contribution is -2.36. The van der Waals surface area contributed by atoms with Crippen molar-refractivity contribution in [2.45, 2.75) is 26.1 Å². The Morgan fingerprint density at radius 3 is 2.43 bits per heavy atom. The molecule has 0 spiro atoms. The molecule has 0 radical (unpaired) electrons. The summed E-state index contributed by atoms with van der Waals surface area (Å²) < 4.78 is 32.9. The molecule has 8 nitrogen and oxygen atoms in total. The Balaban J connectivity index is 1.32. The van der Waals surface area contributed by atoms with Crippen LogP contribution in [0.1, 0.15) is 32.8 Å². The standard InChI is InChI=1S/C28H27N3O5S/c29-37(33,34)36-26-13-10-22-14-15-30(19-24(22)17-26)28(32)23-8-11-25(12-9-23)31(20-27-7-4-16-35-27)18-21-5-2-1-3-6-21/h1-13,16-17H,14-15,18-20H2,(H2,29,33,34). The average Bonchev–Trinajstić information content (AvgIpc) is 3.40. The van der Waals surface area contributed by atoms with Gasteiger partial charge >= 0.3 is 10.3 Å². The average molecular weight is 518 g/mol. The Morgan fingerprint density at radius 2 is 1.73 bits per heavy atom. The van der Waals surface area contributed by atoms with Crippen LogP contribution in [0.15, 0.2) is 95.6 Å². The van der Waals surface area contributed by atoms with Crippen LogP contribution < -0.4 is 14.2 Å². The van der Waals surface area contributed by atoms with Crippen molar-refractivity contribution in [3.63, 3.8) is 0 Å². The lowest BCUT2D eigenvalue weighted by Gasteiger charge is -2.29. The van der Waals surface area contributed by atoms with Gasteiger partial charge in [-0.05, 0) is 71.6 Å². The number of hydrogen-bond acceptors (Lipinski definition) is 6. The maximum atomic E-state index is 13.3. The first-order chi connectivity index (χ1) is 17.8. The first-order valence-electron chi connectivity index (χ1n) is 11.9. The van der Waals surface area contributed by atoms with Gasteiger partial charge in [-0.1, -0.05) is 36.4 Å². The van der Waals surface area contributed by atoms with Crippen molar-refractivity contribution in [1.29, 1.82) is 0 Å². The van der Waals surface area contributed by atoms with Crippen LogP contribution in [0.5, 0.6) is 5.75 Å². The maximum Gasteiger partial charge on any atom is 0.380 e. The highest BCUT2D eigenvalue weighted by Gasteiger charge is 2.23. The molecule has 1 aliphatic rings. The van der Waals surface area contributed by atoms with Gasteiger partial charge in [0.05, 0.1) is 12.8 Å². The summed E-state index contributed by atoms with van der Waals surface area (Å²) in [7, 11) is -4.11. The Kier molecular flexibility index (Phi) is 6.98. The number of amides is 1. The number of furan rings is 1. The highest BCUT2D eigenvalue weighted by atomic mass is 32.2. The van der Waals surface area contributed by atoms with Gasteiger partial charge in [0.15, 0.2) is 0 Å². The van der Waals surface area contributed by atoms with Gasteiger partial charge in [0, 0.05) is 30.9 Å². The van der Waals surface area contributed by atoms with E-state index in [1.807, 2.05) is 60.7 Å². The summed E-state index contributed by atoms with van der Waals surface area (Å²) in [6.07, 6.45) is 2.33. The molecule has 9 heteroatoms. The van der Waals surface area contributed by atoms with E-state index in [0.717, 1.165) is 22.6 Å². The van der Waals surface area contributed by atoms with Crippen molar-refractivity contribution < 1.29 is 21.8 Å². The van der Waals surface area contributed by atoms with E-state index < -0.39 is 10.3 Å². The monoisotopic (exact) mass is 517 g/mol. The lowest BCUT2D eigenvalue weighted by atomic mass is 9.99. The molecule has 1 amide bonds. The molecular formula is C28H27N3O5S. The summed E-state index contributed by atoms with van der Waals surface area (Å²) in [6.45, 7) is 2.22. The predicted molar refractivity (Wildman–Crippen MR) is 140 cm³/mol. The van der Waals surface area contributed by atoms with Gasteiger partial charge in [-0.25, -0.2) is 0 Å². The molecule has 0 saturated heterocycles. The Morgan fingerprint density at radius 1 is 0.946 bits per heavy atom. The van der Waals surface area contributed by atoms with Crippen LogP contribution in [-0.2, 0) is 36.4 Å². The highest BCUT2D eigenvalue weighted by Crippen LogP contribution is 2.27. The summed E-state index contributed by atoms with van der Waals surface area (Å²) in [6, 6.07) is 26.6. The normalized spacial score (nSPS) is 13.2. The SMILES string of the molecule is NS(=O)(=O)Oc1ccc2c(c1)CN(C(=O)c1ccc(N(Cc3ccccc3)Cc3ccco3)cc1)CC2. The van der Waals surface area contributed by atoms with Crippen LogP contribution in [0.3, 0.4) is 0 Å². The Bertz CT molecular complexity index is 1470. The molecule has 2 heterocycles. The third-order valence-electron chi connectivity index (χ3n) is 6.31. The Labute approximate surface area is 216 Å². The number of fused-ring (bicyclic) bond motifs is 1. The molecule has 5 rings (SSSR count). The largest absolute Gasteiger partial charge is 0.467 e. The molecule has 1 aromatic heterocycles. The summed E-state index contributed by atoms with van der Waals surface area (Å²) in [4.78, 5) is 17.3. The minimum Gasteiger partial charge on any atom is -0.467 e. The molecule has 4 aromatic rings. The zero-order chi connectivity index (χ0) is 25.8. The second-order valence-electron chi connectivity index (χ2n) is 8.95. The van der Waals surface area contributed by atoms with E-state index in [1.165, 1.54) is 5.56 Å². The first-order valence-corrected chi connectivity index (χ1v) is 13.4. The van der Waals surface area contributed by atoms with E-state index in [1.54, 1.807) is 23.3 Å². The molecule has 0 unspecified atom stereocenters. The van der Waals surface area contributed by atoms with E-state index in [2.05, 4.69) is 17.0 Å². The van der Waals surface area contributed by atoms with Gasteiger partial charge in [-0.2, -0.15) is 13.6 Å². The number of carbonyl (C=O) groups is 1. The maximum absolute atomic E-state index is 13.3. The van der Waals surface area contributed by atoms with Crippen molar-refractivity contribution >= 4 is 21.9 Å². The van der Waals surface area contributed by atoms with Crippen molar-refractivity contribution in [3.8, 4) is 5.75 Å². The predicted octanol–water partition coefficient (Wildman–Crippen LogP) is 4.27. The van der Waals surface area contributed by atoms with E-state index in [4.69, 9.17) is 13.7 Å². The number of benzene rings is 3. The van der Waals surface area contributed by atoms with Crippen LogP contribution in [0.2, 0.25) is 0 Å². The molecule has 3 aromatic carbocycles. The second kappa shape index (κ2) is 10.5. The van der Waals surface area contributed by atoms with Crippen LogP contribution >= 0.6 is 0 Å². The van der Waals surface area contributed by atoms with E-state index in [0.29, 0.717) is 38.2 Å². The van der Waals surface area contributed by atoms with Gasteiger partial charge in [-0.15, -0.1) is 0 Å². The molecular weight excluding hydrogens is 490 g/mol. The van der Waals surface area contributed by atoms with E-state index in [9.17, 15) is 13.2 Å². The molecule has 0 bridgehead atoms. The van der Waals surface area contributed by atoms with Gasteiger partial charge in [-0.3, -0.25) is 4.79 Å². The fourth-order valence-electron chi connectivity index (χ4n) is 4.52. The molecule has 0 aliphatic carbocycles. The Hall–Kier alpha value is -4.08. The molecule has 190 valence electrons. The number of carbonyl (C=O) groups excluding carboxylic acids is 1. The fraction of sp³-hybridized carbons (Fsp3) is 0.179. The van der Waals surface area contributed by atoms with Crippen molar-refractivity contribution in [2.24, 2.45) is 5.14 Å². The summed E-state index contributed by atoms with van der Waals surface area (Å²) in [5, 5.41) is 4.99. The topological polar surface area (TPSA) is 106 Å². The van der Waals surface area contributed by atoms with Crippen LogP contribution in [0.25, 0.3) is 0 Å². The van der Waals surface area contributed by atoms with Gasteiger partial charge in [0.2, 0.25) is 0 Å². The van der Waals surface area contributed by atoms with Crippen molar-refractivity contribution in [3.05, 3.63) is 119 Å². The minimum absolute atomic E-state index is 0.0874. The summed E-state index contributed by atoms with van der Waals surface area (Å²) >= 11 is 0. The number of nitrogens with zero attached hydrogens (tertiary/aromatic N) is 2. The first kappa shape index (κ1) is 24.6. The van der Waals surface area contributed by atoms with Crippen LogP contribution in [-0.4, -0.2) is 25.8 Å². The van der Waals surface area contributed by atoms with Crippen molar-refractivity contribution in [2.75, 3.05) is 11.4 Å². The smallest absolute Gasteiger partial charge is 0.380 e. The molecule has 1 aliphatic heterocycles. The van der Waals surface area contributed by atoms with E-state index >= 15 is 0 Å². The molecule has 37 heavy (non-hydrogen) atoms. The molecule has 2 N–H and O–H groups in total. The van der Waals surface area contributed by atoms with Gasteiger partial charge < -0.3 is 18.4 Å². The molecule has 0 atom stereocenters. The van der Waals surface area contributed by atoms with Gasteiger partial charge in [0.25, 0.3) is 5.91 Å². The number of nitrogens with two attached hydrogens (primary N) is 1. The highest BCUT2D eigenvalue weighted by molar-refractivity contribution is 7.84.